The van der Waals surface area contributed by atoms with Crippen LogP contribution in [0.15, 0.2) is 48.8 Å². The topological polar surface area (TPSA) is 62.7 Å². The lowest BCUT2D eigenvalue weighted by molar-refractivity contribution is -0.145. The van der Waals surface area contributed by atoms with Gasteiger partial charge < -0.3 is 14.7 Å². The van der Waals surface area contributed by atoms with Gasteiger partial charge in [0.05, 0.1) is 5.69 Å². The van der Waals surface area contributed by atoms with Gasteiger partial charge in [-0.05, 0) is 18.6 Å². The Morgan fingerprint density at radius 3 is 2.68 bits per heavy atom. The molecule has 2 heterocycles. The van der Waals surface area contributed by atoms with Gasteiger partial charge in [-0.3, -0.25) is 9.78 Å². The second-order valence-corrected chi connectivity index (χ2v) is 5.22. The van der Waals surface area contributed by atoms with Gasteiger partial charge in [-0.2, -0.15) is 0 Å². The van der Waals surface area contributed by atoms with Crippen LogP contribution in [-0.2, 0) is 15.1 Å². The van der Waals surface area contributed by atoms with Gasteiger partial charge in [-0.25, -0.2) is 0 Å². The Morgan fingerprint density at radius 1 is 1.32 bits per heavy atom. The van der Waals surface area contributed by atoms with E-state index in [4.69, 9.17) is 4.74 Å². The Hall–Kier alpha value is -2.24. The van der Waals surface area contributed by atoms with Crippen molar-refractivity contribution in [2.24, 2.45) is 0 Å². The molecule has 0 spiro atoms. The first-order valence-corrected chi connectivity index (χ1v) is 7.21. The van der Waals surface area contributed by atoms with E-state index in [0.29, 0.717) is 23.4 Å². The number of fused-ring (bicyclic) bond motifs is 1. The molecule has 2 unspecified atom stereocenters. The van der Waals surface area contributed by atoms with Gasteiger partial charge in [-0.15, -0.1) is 0 Å². The number of pyridine rings is 1. The summed E-state index contributed by atoms with van der Waals surface area (Å²) in [7, 11) is 1.44. The van der Waals surface area contributed by atoms with Gasteiger partial charge in [0.2, 0.25) is 0 Å². The van der Waals surface area contributed by atoms with E-state index >= 15 is 0 Å². The third-order valence-corrected chi connectivity index (χ3v) is 4.14. The Bertz CT molecular complexity index is 689. The van der Waals surface area contributed by atoms with Gasteiger partial charge in [0.15, 0.2) is 11.7 Å². The molecule has 1 aliphatic rings. The van der Waals surface area contributed by atoms with Crippen LogP contribution < -0.4 is 4.90 Å². The molecule has 2 atom stereocenters. The van der Waals surface area contributed by atoms with E-state index < -0.39 is 11.7 Å². The predicted molar refractivity (Wildman–Crippen MR) is 82.5 cm³/mol. The zero-order valence-electron chi connectivity index (χ0n) is 12.6. The summed E-state index contributed by atoms with van der Waals surface area (Å²) in [4.78, 5) is 18.5. The van der Waals surface area contributed by atoms with E-state index in [0.717, 1.165) is 0 Å². The first-order valence-electron chi connectivity index (χ1n) is 7.21. The Balaban J connectivity index is 2.29. The normalized spacial score (nSPS) is 24.2. The summed E-state index contributed by atoms with van der Waals surface area (Å²) in [5.74, 6) is -0.255. The number of amides is 1. The minimum Gasteiger partial charge on any atom is -0.377 e. The minimum absolute atomic E-state index is 0.255. The molecular formula is C17H18N2O3. The highest BCUT2D eigenvalue weighted by atomic mass is 16.5. The second-order valence-electron chi connectivity index (χ2n) is 5.22. The number of rotatable bonds is 3. The molecule has 3 rings (SSSR count). The van der Waals surface area contributed by atoms with Crippen molar-refractivity contribution >= 4 is 11.6 Å². The van der Waals surface area contributed by atoms with Gasteiger partial charge in [0.1, 0.15) is 0 Å². The molecule has 0 fully saturated rings. The van der Waals surface area contributed by atoms with E-state index in [1.54, 1.807) is 35.5 Å². The van der Waals surface area contributed by atoms with Gasteiger partial charge in [0, 0.05) is 31.6 Å². The first-order chi connectivity index (χ1) is 10.6. The number of nitrogens with zero attached hydrogens (tertiary/aromatic N) is 2. The van der Waals surface area contributed by atoms with Crippen molar-refractivity contribution in [2.45, 2.75) is 18.6 Å². The number of ether oxygens (including phenoxy) is 1. The van der Waals surface area contributed by atoms with Gasteiger partial charge in [0.25, 0.3) is 5.91 Å². The number of likely N-dealkylation sites (N-methyl/N-ethyl adjacent to an activating group) is 1. The number of hydrogen-bond donors (Lipinski definition) is 1. The number of anilines is 1. The van der Waals surface area contributed by atoms with Crippen molar-refractivity contribution in [3.63, 3.8) is 0 Å². The standard InChI is InChI=1S/C17H18N2O3/c1-3-19-14-9-10-18-11-13(14)17(21,15(22-2)16(19)20)12-7-5-4-6-8-12/h4-11,15,21H,3H2,1-2H3. The van der Waals surface area contributed by atoms with Crippen molar-refractivity contribution in [1.29, 1.82) is 0 Å². The quantitative estimate of drug-likeness (QED) is 0.937. The maximum absolute atomic E-state index is 12.8. The van der Waals surface area contributed by atoms with Crippen LogP contribution in [-0.4, -0.2) is 35.8 Å². The van der Waals surface area contributed by atoms with Crippen molar-refractivity contribution in [3.8, 4) is 0 Å². The average Bonchev–Trinajstić information content (AvgIpc) is 2.56. The fraction of sp³-hybridized carbons (Fsp3) is 0.294. The molecule has 1 aromatic heterocycles. The number of carbonyl (C=O) groups is 1. The van der Waals surface area contributed by atoms with Crippen LogP contribution in [0.5, 0.6) is 0 Å². The van der Waals surface area contributed by atoms with E-state index in [1.165, 1.54) is 7.11 Å². The zero-order chi connectivity index (χ0) is 15.7. The summed E-state index contributed by atoms with van der Waals surface area (Å²) in [5, 5.41) is 11.4. The highest BCUT2D eigenvalue weighted by molar-refractivity contribution is 6.01. The predicted octanol–water partition coefficient (Wildman–Crippen LogP) is 1.70. The summed E-state index contributed by atoms with van der Waals surface area (Å²) >= 11 is 0. The van der Waals surface area contributed by atoms with Crippen LogP contribution in [0.1, 0.15) is 18.1 Å². The molecule has 0 aliphatic carbocycles. The van der Waals surface area contributed by atoms with E-state index in [-0.39, 0.29) is 5.91 Å². The molecule has 114 valence electrons. The van der Waals surface area contributed by atoms with E-state index in [2.05, 4.69) is 4.98 Å². The van der Waals surface area contributed by atoms with Crippen LogP contribution in [0, 0.1) is 0 Å². The number of aromatic nitrogens is 1. The molecule has 0 bridgehead atoms. The summed E-state index contributed by atoms with van der Waals surface area (Å²) in [6.45, 7) is 2.39. The molecule has 2 aromatic rings. The second kappa shape index (κ2) is 5.51. The summed E-state index contributed by atoms with van der Waals surface area (Å²) in [5.41, 5.74) is 0.305. The zero-order valence-corrected chi connectivity index (χ0v) is 12.6. The molecule has 5 nitrogen and oxygen atoms in total. The lowest BCUT2D eigenvalue weighted by Gasteiger charge is -2.43. The number of benzene rings is 1. The molecule has 0 radical (unpaired) electrons. The maximum atomic E-state index is 12.8. The Kier molecular flexibility index (Phi) is 3.68. The number of carbonyl (C=O) groups excluding carboxylic acids is 1. The smallest absolute Gasteiger partial charge is 0.259 e. The molecule has 1 aliphatic heterocycles. The van der Waals surface area contributed by atoms with Crippen molar-refractivity contribution in [3.05, 3.63) is 59.9 Å². The van der Waals surface area contributed by atoms with Crippen LogP contribution in [0.25, 0.3) is 0 Å². The Morgan fingerprint density at radius 2 is 2.05 bits per heavy atom. The summed E-state index contributed by atoms with van der Waals surface area (Å²) in [6.07, 6.45) is 2.21. The van der Waals surface area contributed by atoms with Crippen LogP contribution in [0.2, 0.25) is 0 Å². The molecule has 0 saturated carbocycles. The third kappa shape index (κ3) is 1.94. The van der Waals surface area contributed by atoms with Gasteiger partial charge in [-0.1, -0.05) is 30.3 Å². The van der Waals surface area contributed by atoms with Crippen molar-refractivity contribution < 1.29 is 14.6 Å². The van der Waals surface area contributed by atoms with Crippen LogP contribution >= 0.6 is 0 Å². The fourth-order valence-electron chi connectivity index (χ4n) is 3.09. The monoisotopic (exact) mass is 298 g/mol. The van der Waals surface area contributed by atoms with Crippen LogP contribution in [0.4, 0.5) is 5.69 Å². The van der Waals surface area contributed by atoms with Gasteiger partial charge >= 0.3 is 0 Å². The molecular weight excluding hydrogens is 280 g/mol. The lowest BCUT2D eigenvalue weighted by atomic mass is 9.78. The van der Waals surface area contributed by atoms with Crippen molar-refractivity contribution in [2.75, 3.05) is 18.6 Å². The number of hydrogen-bond acceptors (Lipinski definition) is 4. The molecule has 22 heavy (non-hydrogen) atoms. The number of methoxy groups -OCH3 is 1. The SMILES string of the molecule is CCN1C(=O)C(OC)C(O)(c2ccccc2)c2cnccc21. The minimum atomic E-state index is -1.55. The molecule has 5 heteroatoms. The highest BCUT2D eigenvalue weighted by Crippen LogP contribution is 2.43. The van der Waals surface area contributed by atoms with E-state index in [1.807, 2.05) is 25.1 Å². The molecule has 1 N–H and O–H groups in total. The lowest BCUT2D eigenvalue weighted by Crippen LogP contribution is -2.57. The largest absolute Gasteiger partial charge is 0.377 e. The van der Waals surface area contributed by atoms with E-state index in [9.17, 15) is 9.90 Å². The third-order valence-electron chi connectivity index (χ3n) is 4.14. The van der Waals surface area contributed by atoms with Crippen LogP contribution in [0.3, 0.4) is 0 Å². The maximum Gasteiger partial charge on any atom is 0.259 e. The Labute approximate surface area is 129 Å². The molecule has 1 aromatic carbocycles. The average molecular weight is 298 g/mol. The summed E-state index contributed by atoms with van der Waals surface area (Å²) in [6, 6.07) is 10.8. The highest BCUT2D eigenvalue weighted by Gasteiger charge is 2.52. The molecule has 1 amide bonds. The summed E-state index contributed by atoms with van der Waals surface area (Å²) < 4.78 is 5.39. The van der Waals surface area contributed by atoms with Crippen molar-refractivity contribution in [1.82, 2.24) is 4.98 Å². The molecule has 0 saturated heterocycles. The first kappa shape index (κ1) is 14.7. The number of aliphatic hydroxyl groups is 1. The fourth-order valence-corrected chi connectivity index (χ4v) is 3.09.